The predicted molar refractivity (Wildman–Crippen MR) is 101 cm³/mol. The van der Waals surface area contributed by atoms with Gasteiger partial charge in [0, 0.05) is 22.6 Å². The minimum Gasteiger partial charge on any atom is -0.357 e. The van der Waals surface area contributed by atoms with Crippen LogP contribution in [0.5, 0.6) is 0 Å². The molecule has 1 aromatic heterocycles. The number of nitrogens with one attached hydrogen (secondary N) is 2. The fraction of sp³-hybridized carbons (Fsp3) is 0.364. The zero-order valence-corrected chi connectivity index (χ0v) is 14.4. The molecule has 2 nitrogen and oxygen atoms in total. The van der Waals surface area contributed by atoms with E-state index in [0.29, 0.717) is 6.04 Å². The van der Waals surface area contributed by atoms with Crippen molar-refractivity contribution in [2.75, 3.05) is 6.54 Å². The molecule has 0 spiro atoms. The van der Waals surface area contributed by atoms with E-state index in [1.54, 1.807) is 5.56 Å². The number of rotatable bonds is 4. The highest BCUT2D eigenvalue weighted by molar-refractivity contribution is 5.85. The molecule has 0 amide bonds. The van der Waals surface area contributed by atoms with Crippen LogP contribution in [0.3, 0.4) is 0 Å². The summed E-state index contributed by atoms with van der Waals surface area (Å²) in [6.07, 6.45) is 6.12. The zero-order chi connectivity index (χ0) is 16.4. The molecule has 1 heterocycles. The van der Waals surface area contributed by atoms with Gasteiger partial charge in [0.1, 0.15) is 0 Å². The molecule has 0 saturated carbocycles. The summed E-state index contributed by atoms with van der Waals surface area (Å²) in [5, 5.41) is 5.24. The van der Waals surface area contributed by atoms with Crippen molar-refractivity contribution in [2.24, 2.45) is 0 Å². The molecule has 124 valence electrons. The first-order valence-corrected chi connectivity index (χ1v) is 9.19. The Morgan fingerprint density at radius 3 is 2.83 bits per heavy atom. The molecule has 2 N–H and O–H groups in total. The Kier molecular flexibility index (Phi) is 4.40. The Morgan fingerprint density at radius 1 is 1.08 bits per heavy atom. The molecule has 0 radical (unpaired) electrons. The first-order valence-electron chi connectivity index (χ1n) is 9.19. The fourth-order valence-electron chi connectivity index (χ4n) is 3.98. The monoisotopic (exact) mass is 318 g/mol. The molecule has 4 rings (SSSR count). The van der Waals surface area contributed by atoms with Crippen LogP contribution in [0.15, 0.2) is 48.5 Å². The Morgan fingerprint density at radius 2 is 1.96 bits per heavy atom. The Bertz CT molecular complexity index is 817. The van der Waals surface area contributed by atoms with Crippen LogP contribution in [0.1, 0.15) is 47.7 Å². The summed E-state index contributed by atoms with van der Waals surface area (Å²) < 4.78 is 0. The van der Waals surface area contributed by atoms with E-state index in [2.05, 4.69) is 65.8 Å². The van der Waals surface area contributed by atoms with Crippen molar-refractivity contribution in [2.45, 2.75) is 45.1 Å². The van der Waals surface area contributed by atoms with Crippen LogP contribution in [0.2, 0.25) is 0 Å². The third kappa shape index (κ3) is 3.11. The van der Waals surface area contributed by atoms with Crippen LogP contribution in [-0.4, -0.2) is 11.5 Å². The summed E-state index contributed by atoms with van der Waals surface area (Å²) in [5.74, 6) is 0. The smallest absolute Gasteiger partial charge is 0.0476 e. The molecular weight excluding hydrogens is 292 g/mol. The summed E-state index contributed by atoms with van der Waals surface area (Å²) >= 11 is 0. The highest BCUT2D eigenvalue weighted by Gasteiger charge is 2.22. The number of hydrogen-bond acceptors (Lipinski definition) is 1. The number of hydrogen-bond donors (Lipinski definition) is 2. The molecule has 0 bridgehead atoms. The van der Waals surface area contributed by atoms with Gasteiger partial charge in [0.25, 0.3) is 0 Å². The van der Waals surface area contributed by atoms with Gasteiger partial charge in [0.2, 0.25) is 0 Å². The SMILES string of the molecule is Cc1ccc2[nH]c3c(c2c1)CCCCC3NCCc1ccccc1. The van der Waals surface area contributed by atoms with Crippen LogP contribution in [0, 0.1) is 6.92 Å². The van der Waals surface area contributed by atoms with Crippen LogP contribution < -0.4 is 5.32 Å². The second-order valence-corrected chi connectivity index (χ2v) is 7.05. The lowest BCUT2D eigenvalue weighted by Gasteiger charge is -2.17. The van der Waals surface area contributed by atoms with E-state index in [1.165, 1.54) is 53.4 Å². The largest absolute Gasteiger partial charge is 0.357 e. The van der Waals surface area contributed by atoms with Gasteiger partial charge in [-0.05, 0) is 62.4 Å². The summed E-state index contributed by atoms with van der Waals surface area (Å²) in [6, 6.07) is 18.0. The number of aryl methyl sites for hydroxylation is 2. The van der Waals surface area contributed by atoms with Crippen molar-refractivity contribution in [3.05, 3.63) is 70.9 Å². The number of fused-ring (bicyclic) bond motifs is 3. The van der Waals surface area contributed by atoms with Crippen molar-refractivity contribution in [1.29, 1.82) is 0 Å². The van der Waals surface area contributed by atoms with E-state index < -0.39 is 0 Å². The van der Waals surface area contributed by atoms with Gasteiger partial charge in [-0.15, -0.1) is 0 Å². The molecule has 24 heavy (non-hydrogen) atoms. The van der Waals surface area contributed by atoms with Crippen molar-refractivity contribution in [3.63, 3.8) is 0 Å². The molecule has 1 atom stereocenters. The molecule has 2 heteroatoms. The van der Waals surface area contributed by atoms with Gasteiger partial charge < -0.3 is 10.3 Å². The topological polar surface area (TPSA) is 27.8 Å². The molecule has 0 saturated heterocycles. The van der Waals surface area contributed by atoms with E-state index in [9.17, 15) is 0 Å². The molecule has 1 unspecified atom stereocenters. The summed E-state index contributed by atoms with van der Waals surface area (Å²) in [6.45, 7) is 3.22. The average molecular weight is 318 g/mol. The first kappa shape index (κ1) is 15.5. The molecule has 2 aromatic carbocycles. The van der Waals surface area contributed by atoms with Gasteiger partial charge in [-0.1, -0.05) is 48.4 Å². The predicted octanol–water partition coefficient (Wildman–Crippen LogP) is 5.08. The maximum Gasteiger partial charge on any atom is 0.0476 e. The van der Waals surface area contributed by atoms with E-state index in [1.807, 2.05) is 0 Å². The quantitative estimate of drug-likeness (QED) is 0.645. The molecular formula is C22H26N2. The number of benzene rings is 2. The van der Waals surface area contributed by atoms with Gasteiger partial charge in [0.05, 0.1) is 0 Å². The Hall–Kier alpha value is -2.06. The molecule has 0 fully saturated rings. The molecule has 0 aliphatic heterocycles. The lowest BCUT2D eigenvalue weighted by Crippen LogP contribution is -2.24. The van der Waals surface area contributed by atoms with Crippen LogP contribution in [-0.2, 0) is 12.8 Å². The number of aromatic amines is 1. The van der Waals surface area contributed by atoms with Crippen LogP contribution in [0.25, 0.3) is 10.9 Å². The summed E-state index contributed by atoms with van der Waals surface area (Å²) in [5.41, 5.74) is 7.03. The van der Waals surface area contributed by atoms with Gasteiger partial charge >= 0.3 is 0 Å². The Labute approximate surface area is 144 Å². The molecule has 3 aromatic rings. The highest BCUT2D eigenvalue weighted by Crippen LogP contribution is 2.34. The van der Waals surface area contributed by atoms with Crippen LogP contribution in [0.4, 0.5) is 0 Å². The normalized spacial score (nSPS) is 17.6. The Balaban J connectivity index is 1.55. The van der Waals surface area contributed by atoms with E-state index in [0.717, 1.165) is 13.0 Å². The van der Waals surface area contributed by atoms with Crippen LogP contribution >= 0.6 is 0 Å². The summed E-state index contributed by atoms with van der Waals surface area (Å²) in [7, 11) is 0. The van der Waals surface area contributed by atoms with Crippen molar-refractivity contribution in [3.8, 4) is 0 Å². The van der Waals surface area contributed by atoms with Gasteiger partial charge in [-0.2, -0.15) is 0 Å². The fourth-order valence-corrected chi connectivity index (χ4v) is 3.98. The number of aromatic nitrogens is 1. The van der Waals surface area contributed by atoms with Gasteiger partial charge in [0.15, 0.2) is 0 Å². The lowest BCUT2D eigenvalue weighted by molar-refractivity contribution is 0.485. The second kappa shape index (κ2) is 6.82. The standard InChI is InChI=1S/C22H26N2/c1-16-11-12-20-19(15-16)18-9-5-6-10-21(22(18)24-20)23-14-13-17-7-3-2-4-8-17/h2-4,7-8,11-12,15,21,23-24H,5-6,9-10,13-14H2,1H3. The van der Waals surface area contributed by atoms with Crippen molar-refractivity contribution in [1.82, 2.24) is 10.3 Å². The van der Waals surface area contributed by atoms with E-state index in [4.69, 9.17) is 0 Å². The highest BCUT2D eigenvalue weighted by atomic mass is 14.9. The van der Waals surface area contributed by atoms with E-state index in [-0.39, 0.29) is 0 Å². The van der Waals surface area contributed by atoms with Gasteiger partial charge in [-0.3, -0.25) is 0 Å². The zero-order valence-electron chi connectivity index (χ0n) is 14.4. The third-order valence-electron chi connectivity index (χ3n) is 5.26. The second-order valence-electron chi connectivity index (χ2n) is 7.05. The van der Waals surface area contributed by atoms with Gasteiger partial charge in [-0.25, -0.2) is 0 Å². The van der Waals surface area contributed by atoms with Crippen molar-refractivity contribution < 1.29 is 0 Å². The third-order valence-corrected chi connectivity index (χ3v) is 5.26. The van der Waals surface area contributed by atoms with E-state index >= 15 is 0 Å². The maximum atomic E-state index is 3.81. The first-order chi connectivity index (χ1) is 11.8. The molecule has 1 aliphatic rings. The number of H-pyrrole nitrogens is 1. The molecule has 1 aliphatic carbocycles. The lowest BCUT2D eigenvalue weighted by atomic mass is 10.0. The minimum atomic E-state index is 0.457. The van der Waals surface area contributed by atoms with Crippen molar-refractivity contribution >= 4 is 10.9 Å². The minimum absolute atomic E-state index is 0.457. The average Bonchev–Trinajstić information content (AvgIpc) is 2.83. The maximum absolute atomic E-state index is 3.81. The summed E-state index contributed by atoms with van der Waals surface area (Å²) in [4.78, 5) is 3.72.